The van der Waals surface area contributed by atoms with Crippen LogP contribution in [-0.4, -0.2) is 72.0 Å². The number of aromatic hydroxyl groups is 1. The van der Waals surface area contributed by atoms with E-state index in [4.69, 9.17) is 0 Å². The van der Waals surface area contributed by atoms with E-state index in [1.807, 2.05) is 38.2 Å². The average molecular weight is 445 g/mol. The summed E-state index contributed by atoms with van der Waals surface area (Å²) in [5, 5.41) is 24.1. The number of piperazine rings is 1. The number of imidazole rings is 1. The molecule has 0 unspecified atom stereocenters. The second kappa shape index (κ2) is 8.08. The minimum absolute atomic E-state index is 0.111. The van der Waals surface area contributed by atoms with Crippen LogP contribution in [0.25, 0.3) is 28.2 Å². The third-order valence-corrected chi connectivity index (χ3v) is 6.49. The van der Waals surface area contributed by atoms with Gasteiger partial charge in [-0.15, -0.1) is 10.2 Å². The Hall–Kier alpha value is -3.59. The van der Waals surface area contributed by atoms with Gasteiger partial charge in [-0.05, 0) is 58.5 Å². The number of fused-ring (bicyclic) bond motifs is 1. The van der Waals surface area contributed by atoms with Crippen molar-refractivity contribution < 1.29 is 5.11 Å². The van der Waals surface area contributed by atoms with Crippen molar-refractivity contribution in [2.75, 3.05) is 25.0 Å². The number of rotatable bonds is 3. The molecule has 1 aromatic carbocycles. The number of likely N-dealkylation sites (N-methyl/N-ethyl adjacent to an activating group) is 1. The lowest BCUT2D eigenvalue weighted by Gasteiger charge is -2.42. The van der Waals surface area contributed by atoms with Gasteiger partial charge in [0.05, 0.1) is 23.8 Å². The molecule has 4 heterocycles. The number of anilines is 1. The molecule has 1 fully saturated rings. The van der Waals surface area contributed by atoms with E-state index >= 15 is 0 Å². The topological polar surface area (TPSA) is 95.6 Å². The van der Waals surface area contributed by atoms with Crippen molar-refractivity contribution in [3.8, 4) is 28.3 Å². The number of benzene rings is 1. The lowest BCUT2D eigenvalue weighted by molar-refractivity contribution is 0.169. The van der Waals surface area contributed by atoms with Crippen LogP contribution in [0.2, 0.25) is 0 Å². The van der Waals surface area contributed by atoms with E-state index in [1.54, 1.807) is 16.8 Å². The predicted octanol–water partition coefficient (Wildman–Crippen LogP) is 3.10. The standard InChI is InChI=1S/C24H28N8O/c1-14-8-20(29-32-11-15(2)26-23(14)32)18-6-7-19(22(33)9-18)21-10-25-24(28-27-21)31-12-16(3)30(5)17(4)13-31/h6-11,16-17,33H,12-13H2,1-5H3/t16-,17+. The fraction of sp³-hybridized carbons (Fsp3) is 0.375. The minimum Gasteiger partial charge on any atom is -0.507 e. The van der Waals surface area contributed by atoms with Crippen molar-refractivity contribution in [1.29, 1.82) is 0 Å². The lowest BCUT2D eigenvalue weighted by Crippen LogP contribution is -2.55. The molecular weight excluding hydrogens is 416 g/mol. The second-order valence-electron chi connectivity index (χ2n) is 9.01. The SMILES string of the molecule is Cc1cn2nc(-c3ccc(-c4cnc(N5C[C@@H](C)N(C)[C@@H](C)C5)nn4)c(O)c3)cc(C)c2n1. The Labute approximate surface area is 192 Å². The first-order valence-corrected chi connectivity index (χ1v) is 11.1. The number of hydrogen-bond donors (Lipinski definition) is 1. The zero-order chi connectivity index (χ0) is 23.3. The van der Waals surface area contributed by atoms with E-state index in [0.29, 0.717) is 29.3 Å². The van der Waals surface area contributed by atoms with E-state index in [-0.39, 0.29) is 5.75 Å². The number of aryl methyl sites for hydroxylation is 2. The van der Waals surface area contributed by atoms with E-state index in [2.05, 4.69) is 56.0 Å². The van der Waals surface area contributed by atoms with Gasteiger partial charge in [0.1, 0.15) is 11.4 Å². The molecule has 0 saturated carbocycles. The summed E-state index contributed by atoms with van der Waals surface area (Å²) >= 11 is 0. The Balaban J connectivity index is 1.41. The van der Waals surface area contributed by atoms with Crippen LogP contribution in [0.4, 0.5) is 5.95 Å². The highest BCUT2D eigenvalue weighted by molar-refractivity contribution is 5.73. The van der Waals surface area contributed by atoms with Crippen LogP contribution in [-0.2, 0) is 0 Å². The molecule has 9 heteroatoms. The fourth-order valence-electron chi connectivity index (χ4n) is 4.40. The summed E-state index contributed by atoms with van der Waals surface area (Å²) in [6.45, 7) is 10.1. The highest BCUT2D eigenvalue weighted by Crippen LogP contribution is 2.32. The van der Waals surface area contributed by atoms with Gasteiger partial charge < -0.3 is 10.0 Å². The zero-order valence-electron chi connectivity index (χ0n) is 19.6. The fourth-order valence-corrected chi connectivity index (χ4v) is 4.40. The monoisotopic (exact) mass is 444 g/mol. The Bertz CT molecular complexity index is 1300. The van der Waals surface area contributed by atoms with Crippen LogP contribution in [0.15, 0.2) is 36.7 Å². The summed E-state index contributed by atoms with van der Waals surface area (Å²) in [5.41, 5.74) is 5.46. The van der Waals surface area contributed by atoms with Crippen molar-refractivity contribution >= 4 is 11.6 Å². The lowest BCUT2D eigenvalue weighted by atomic mass is 10.0. The van der Waals surface area contributed by atoms with Crippen molar-refractivity contribution in [3.63, 3.8) is 0 Å². The van der Waals surface area contributed by atoms with Crippen molar-refractivity contribution in [3.05, 3.63) is 47.9 Å². The van der Waals surface area contributed by atoms with Crippen LogP contribution in [0.5, 0.6) is 5.75 Å². The highest BCUT2D eigenvalue weighted by Gasteiger charge is 2.28. The molecule has 33 heavy (non-hydrogen) atoms. The molecule has 170 valence electrons. The van der Waals surface area contributed by atoms with Crippen LogP contribution < -0.4 is 4.90 Å². The minimum atomic E-state index is 0.111. The van der Waals surface area contributed by atoms with Gasteiger partial charge in [0.2, 0.25) is 5.95 Å². The van der Waals surface area contributed by atoms with Crippen molar-refractivity contribution in [2.24, 2.45) is 0 Å². The molecule has 3 aromatic heterocycles. The maximum Gasteiger partial charge on any atom is 0.245 e. The summed E-state index contributed by atoms with van der Waals surface area (Å²) in [5.74, 6) is 0.727. The van der Waals surface area contributed by atoms with Crippen LogP contribution in [0.3, 0.4) is 0 Å². The maximum atomic E-state index is 10.8. The van der Waals surface area contributed by atoms with Crippen LogP contribution >= 0.6 is 0 Å². The van der Waals surface area contributed by atoms with Gasteiger partial charge >= 0.3 is 0 Å². The summed E-state index contributed by atoms with van der Waals surface area (Å²) in [4.78, 5) is 13.6. The quantitative estimate of drug-likeness (QED) is 0.515. The third-order valence-electron chi connectivity index (χ3n) is 6.49. The number of phenolic OH excluding ortho intramolecular Hbond substituents is 1. The molecule has 0 radical (unpaired) electrons. The predicted molar refractivity (Wildman–Crippen MR) is 127 cm³/mol. The van der Waals surface area contributed by atoms with Crippen molar-refractivity contribution in [1.82, 2.24) is 34.7 Å². The molecule has 2 atom stereocenters. The van der Waals surface area contributed by atoms with E-state index < -0.39 is 0 Å². The second-order valence-corrected chi connectivity index (χ2v) is 9.01. The van der Waals surface area contributed by atoms with Gasteiger partial charge in [-0.1, -0.05) is 6.07 Å². The molecule has 0 aliphatic carbocycles. The molecule has 5 rings (SSSR count). The smallest absolute Gasteiger partial charge is 0.245 e. The Morgan fingerprint density at radius 1 is 1.00 bits per heavy atom. The first-order valence-electron chi connectivity index (χ1n) is 11.1. The first kappa shape index (κ1) is 21.3. The average Bonchev–Trinajstić information content (AvgIpc) is 3.18. The molecular formula is C24H28N8O. The number of nitrogens with zero attached hydrogens (tertiary/aromatic N) is 8. The van der Waals surface area contributed by atoms with Crippen LogP contribution in [0, 0.1) is 13.8 Å². The number of aromatic nitrogens is 6. The van der Waals surface area contributed by atoms with E-state index in [0.717, 1.165) is 41.3 Å². The molecule has 0 amide bonds. The van der Waals surface area contributed by atoms with Crippen molar-refractivity contribution in [2.45, 2.75) is 39.8 Å². The zero-order valence-corrected chi connectivity index (χ0v) is 19.6. The van der Waals surface area contributed by atoms with Gasteiger partial charge in [-0.3, -0.25) is 4.90 Å². The van der Waals surface area contributed by atoms with Gasteiger partial charge in [-0.2, -0.15) is 5.10 Å². The highest BCUT2D eigenvalue weighted by atomic mass is 16.3. The van der Waals surface area contributed by atoms with Gasteiger partial charge in [0.25, 0.3) is 0 Å². The molecule has 0 bridgehead atoms. The Morgan fingerprint density at radius 2 is 1.76 bits per heavy atom. The summed E-state index contributed by atoms with van der Waals surface area (Å²) < 4.78 is 1.78. The van der Waals surface area contributed by atoms with Gasteiger partial charge in [-0.25, -0.2) is 14.5 Å². The molecule has 9 nitrogen and oxygen atoms in total. The van der Waals surface area contributed by atoms with E-state index in [9.17, 15) is 5.11 Å². The van der Waals surface area contributed by atoms with Crippen LogP contribution in [0.1, 0.15) is 25.1 Å². The molecule has 1 aliphatic rings. The summed E-state index contributed by atoms with van der Waals surface area (Å²) in [7, 11) is 2.15. The molecule has 4 aromatic rings. The normalized spacial score (nSPS) is 19.4. The Morgan fingerprint density at radius 3 is 2.42 bits per heavy atom. The molecule has 1 saturated heterocycles. The number of hydrogen-bond acceptors (Lipinski definition) is 8. The van der Waals surface area contributed by atoms with Gasteiger partial charge in [0, 0.05) is 36.3 Å². The first-order chi connectivity index (χ1) is 15.8. The van der Waals surface area contributed by atoms with E-state index in [1.165, 1.54) is 0 Å². The maximum absolute atomic E-state index is 10.8. The van der Waals surface area contributed by atoms with Gasteiger partial charge in [0.15, 0.2) is 5.65 Å². The molecule has 0 spiro atoms. The molecule has 1 aliphatic heterocycles. The third kappa shape index (κ3) is 3.89. The largest absolute Gasteiger partial charge is 0.507 e. The summed E-state index contributed by atoms with van der Waals surface area (Å²) in [6, 6.07) is 8.26. The molecule has 1 N–H and O–H groups in total. The number of phenols is 1. The summed E-state index contributed by atoms with van der Waals surface area (Å²) in [6.07, 6.45) is 3.57. The Kier molecular flexibility index (Phi) is 5.20.